The summed E-state index contributed by atoms with van der Waals surface area (Å²) in [6, 6.07) is 17.2. The lowest BCUT2D eigenvalue weighted by molar-refractivity contribution is -0.146. The molecule has 0 radical (unpaired) electrons. The fourth-order valence-corrected chi connectivity index (χ4v) is 3.80. The minimum atomic E-state index is -0.893. The Balaban J connectivity index is 1.76. The summed E-state index contributed by atoms with van der Waals surface area (Å²) in [5.74, 6) is -1.05. The number of carbonyl (C=O) groups excluding carboxylic acids is 3. The summed E-state index contributed by atoms with van der Waals surface area (Å²) < 4.78 is 10.3. The van der Waals surface area contributed by atoms with Crippen LogP contribution >= 0.6 is 0 Å². The number of benzene rings is 2. The number of amides is 2. The van der Waals surface area contributed by atoms with E-state index in [0.717, 1.165) is 16.7 Å². The van der Waals surface area contributed by atoms with Crippen LogP contribution in [0.2, 0.25) is 0 Å². The number of rotatable bonds is 8. The number of nitrogens with zero attached hydrogens (tertiary/aromatic N) is 2. The monoisotopic (exact) mass is 449 g/mol. The quantitative estimate of drug-likeness (QED) is 0.490. The second kappa shape index (κ2) is 11.7. The van der Waals surface area contributed by atoms with E-state index in [-0.39, 0.29) is 26.0 Å². The molecule has 172 valence electrons. The molecule has 8 heteroatoms. The largest absolute Gasteiger partial charge is 0.467 e. The standard InChI is InChI=1S/C25H27N3O5/c1-32-24(30)21(13-7-8-14-26)27-23(29)22-15-19-11-5-6-12-20(19)16-28(22)25(31)33-17-18-9-3-2-4-10-18/h2-6,9-12,21-22H,7-8,13,15-17H2,1H3,(H,27,29)/t21-,22-/m0/s1. The van der Waals surface area contributed by atoms with Crippen LogP contribution in [-0.4, -0.2) is 42.1 Å². The van der Waals surface area contributed by atoms with E-state index in [1.165, 1.54) is 12.0 Å². The van der Waals surface area contributed by atoms with Crippen LogP contribution in [0.5, 0.6) is 0 Å². The Morgan fingerprint density at radius 2 is 1.82 bits per heavy atom. The molecule has 0 saturated heterocycles. The highest BCUT2D eigenvalue weighted by molar-refractivity contribution is 5.90. The van der Waals surface area contributed by atoms with E-state index in [9.17, 15) is 14.4 Å². The van der Waals surface area contributed by atoms with Crippen molar-refractivity contribution in [1.29, 1.82) is 5.26 Å². The van der Waals surface area contributed by atoms with E-state index in [1.807, 2.05) is 60.7 Å². The smallest absolute Gasteiger partial charge is 0.411 e. The molecule has 2 aromatic carbocycles. The van der Waals surface area contributed by atoms with Crippen LogP contribution in [0.15, 0.2) is 54.6 Å². The van der Waals surface area contributed by atoms with Crippen molar-refractivity contribution in [3.05, 3.63) is 71.3 Å². The molecule has 0 aromatic heterocycles. The van der Waals surface area contributed by atoms with Crippen molar-refractivity contribution in [1.82, 2.24) is 10.2 Å². The number of hydrogen-bond donors (Lipinski definition) is 1. The minimum Gasteiger partial charge on any atom is -0.467 e. The molecular weight excluding hydrogens is 422 g/mol. The number of unbranched alkanes of at least 4 members (excludes halogenated alkanes) is 1. The topological polar surface area (TPSA) is 109 Å². The molecule has 2 atom stereocenters. The zero-order chi connectivity index (χ0) is 23.6. The van der Waals surface area contributed by atoms with Gasteiger partial charge in [0.2, 0.25) is 5.91 Å². The first-order valence-electron chi connectivity index (χ1n) is 10.8. The molecule has 3 rings (SSSR count). The van der Waals surface area contributed by atoms with Crippen molar-refractivity contribution >= 4 is 18.0 Å². The Bertz CT molecular complexity index is 1020. The van der Waals surface area contributed by atoms with Crippen molar-refractivity contribution in [2.24, 2.45) is 0 Å². The number of esters is 1. The summed E-state index contributed by atoms with van der Waals surface area (Å²) in [5, 5.41) is 11.5. The first-order valence-corrected chi connectivity index (χ1v) is 10.8. The fourth-order valence-electron chi connectivity index (χ4n) is 3.80. The van der Waals surface area contributed by atoms with Crippen LogP contribution in [-0.2, 0) is 38.6 Å². The zero-order valence-corrected chi connectivity index (χ0v) is 18.5. The van der Waals surface area contributed by atoms with Gasteiger partial charge >= 0.3 is 12.1 Å². The number of nitrogens with one attached hydrogen (secondary N) is 1. The summed E-state index contributed by atoms with van der Waals surface area (Å²) in [7, 11) is 1.25. The van der Waals surface area contributed by atoms with Crippen LogP contribution in [0.1, 0.15) is 36.0 Å². The summed E-state index contributed by atoms with van der Waals surface area (Å²) in [4.78, 5) is 39.8. The number of fused-ring (bicyclic) bond motifs is 1. The van der Waals surface area contributed by atoms with Crippen LogP contribution in [0.3, 0.4) is 0 Å². The minimum absolute atomic E-state index is 0.0884. The Hall–Kier alpha value is -3.86. The Morgan fingerprint density at radius 3 is 2.52 bits per heavy atom. The van der Waals surface area contributed by atoms with Gasteiger partial charge in [-0.1, -0.05) is 54.6 Å². The molecule has 0 fully saturated rings. The van der Waals surface area contributed by atoms with Gasteiger partial charge in [-0.05, 0) is 29.5 Å². The molecule has 33 heavy (non-hydrogen) atoms. The van der Waals surface area contributed by atoms with Gasteiger partial charge in [0.15, 0.2) is 0 Å². The number of carbonyl (C=O) groups is 3. The second-order valence-electron chi connectivity index (χ2n) is 7.79. The summed E-state index contributed by atoms with van der Waals surface area (Å²) in [6.45, 7) is 0.310. The van der Waals surface area contributed by atoms with E-state index in [1.54, 1.807) is 0 Å². The molecule has 0 bridgehead atoms. The highest BCUT2D eigenvalue weighted by Gasteiger charge is 2.37. The molecule has 8 nitrogen and oxygen atoms in total. The van der Waals surface area contributed by atoms with Gasteiger partial charge in [0, 0.05) is 12.8 Å². The molecule has 1 aliphatic rings. The Kier molecular flexibility index (Phi) is 8.42. The average molecular weight is 450 g/mol. The van der Waals surface area contributed by atoms with Crippen LogP contribution < -0.4 is 5.32 Å². The lowest BCUT2D eigenvalue weighted by Crippen LogP contribution is -2.55. The van der Waals surface area contributed by atoms with Crippen LogP contribution in [0, 0.1) is 11.3 Å². The molecule has 0 saturated carbocycles. The maximum absolute atomic E-state index is 13.2. The number of methoxy groups -OCH3 is 1. The van der Waals surface area contributed by atoms with Crippen molar-refractivity contribution in [2.75, 3.05) is 7.11 Å². The summed E-state index contributed by atoms with van der Waals surface area (Å²) in [5.41, 5.74) is 2.74. The van der Waals surface area contributed by atoms with Crippen molar-refractivity contribution < 1.29 is 23.9 Å². The third kappa shape index (κ3) is 6.32. The number of hydrogen-bond acceptors (Lipinski definition) is 6. The van der Waals surface area contributed by atoms with E-state index in [2.05, 4.69) is 5.32 Å². The van der Waals surface area contributed by atoms with E-state index >= 15 is 0 Å². The maximum Gasteiger partial charge on any atom is 0.411 e. The van der Waals surface area contributed by atoms with Gasteiger partial charge in [-0.25, -0.2) is 9.59 Å². The van der Waals surface area contributed by atoms with Crippen LogP contribution in [0.4, 0.5) is 4.79 Å². The Morgan fingerprint density at radius 1 is 1.12 bits per heavy atom. The average Bonchev–Trinajstić information content (AvgIpc) is 2.86. The number of nitriles is 1. The van der Waals surface area contributed by atoms with Gasteiger partial charge in [0.1, 0.15) is 18.7 Å². The normalized spacial score (nSPS) is 15.5. The summed E-state index contributed by atoms with van der Waals surface area (Å²) >= 11 is 0. The highest BCUT2D eigenvalue weighted by atomic mass is 16.6. The lowest BCUT2D eigenvalue weighted by Gasteiger charge is -2.35. The third-order valence-electron chi connectivity index (χ3n) is 5.57. The highest BCUT2D eigenvalue weighted by Crippen LogP contribution is 2.25. The predicted molar refractivity (Wildman–Crippen MR) is 120 cm³/mol. The number of ether oxygens (including phenoxy) is 2. The van der Waals surface area contributed by atoms with Crippen molar-refractivity contribution in [2.45, 2.75) is 50.9 Å². The van der Waals surface area contributed by atoms with Gasteiger partial charge in [-0.3, -0.25) is 9.69 Å². The molecule has 0 aliphatic carbocycles. The summed E-state index contributed by atoms with van der Waals surface area (Å²) in [6.07, 6.45) is 0.667. The molecule has 1 heterocycles. The van der Waals surface area contributed by atoms with Gasteiger partial charge in [0.05, 0.1) is 19.7 Å². The molecular formula is C25H27N3O5. The molecule has 1 aliphatic heterocycles. The Labute approximate surface area is 193 Å². The zero-order valence-electron chi connectivity index (χ0n) is 18.5. The van der Waals surface area contributed by atoms with Crippen molar-refractivity contribution in [3.8, 4) is 6.07 Å². The fraction of sp³-hybridized carbons (Fsp3) is 0.360. The van der Waals surface area contributed by atoms with Gasteiger partial charge in [-0.2, -0.15) is 5.26 Å². The first kappa shape index (κ1) is 23.8. The third-order valence-corrected chi connectivity index (χ3v) is 5.57. The van der Waals surface area contributed by atoms with Gasteiger partial charge in [-0.15, -0.1) is 0 Å². The molecule has 2 amide bonds. The van der Waals surface area contributed by atoms with E-state index in [0.29, 0.717) is 12.8 Å². The SMILES string of the molecule is COC(=O)[C@H](CCCC#N)NC(=O)[C@@H]1Cc2ccccc2CN1C(=O)OCc1ccccc1. The van der Waals surface area contributed by atoms with E-state index < -0.39 is 30.1 Å². The molecule has 0 unspecified atom stereocenters. The first-order chi connectivity index (χ1) is 16.0. The molecule has 1 N–H and O–H groups in total. The molecule has 0 spiro atoms. The second-order valence-corrected chi connectivity index (χ2v) is 7.79. The predicted octanol–water partition coefficient (Wildman–Crippen LogP) is 3.10. The van der Waals surface area contributed by atoms with Gasteiger partial charge in [0.25, 0.3) is 0 Å². The van der Waals surface area contributed by atoms with Crippen LogP contribution in [0.25, 0.3) is 0 Å². The lowest BCUT2D eigenvalue weighted by atomic mass is 9.93. The maximum atomic E-state index is 13.2. The molecule has 2 aromatic rings. The van der Waals surface area contributed by atoms with Crippen molar-refractivity contribution in [3.63, 3.8) is 0 Å². The van der Waals surface area contributed by atoms with E-state index in [4.69, 9.17) is 14.7 Å². The van der Waals surface area contributed by atoms with Gasteiger partial charge < -0.3 is 14.8 Å².